The second-order valence-corrected chi connectivity index (χ2v) is 29.0. The van der Waals surface area contributed by atoms with Crippen molar-refractivity contribution in [3.63, 3.8) is 0 Å². The maximum absolute atomic E-state index is 11.6. The maximum atomic E-state index is 11.6. The van der Waals surface area contributed by atoms with Gasteiger partial charge in [-0.05, 0) is 41.9 Å². The Bertz CT molecular complexity index is 2120. The number of hydrogen-bond donors (Lipinski definition) is 1. The molecule has 6 aromatic heterocycles. The molecule has 0 aliphatic heterocycles. The van der Waals surface area contributed by atoms with Crippen LogP contribution < -0.4 is 33.4 Å². The summed E-state index contributed by atoms with van der Waals surface area (Å²) in [6.45, 7) is 11.3. The van der Waals surface area contributed by atoms with E-state index in [1.54, 1.807) is 72.3 Å². The number of aromatic nitrogens is 6. The monoisotopic (exact) mass is 1110 g/mol. The van der Waals surface area contributed by atoms with E-state index >= 15 is 0 Å². The average Bonchev–Trinajstić information content (AvgIpc) is 4.08. The summed E-state index contributed by atoms with van der Waals surface area (Å²) < 4.78 is 16.2. The summed E-state index contributed by atoms with van der Waals surface area (Å²) >= 11 is 5.16. The van der Waals surface area contributed by atoms with Crippen molar-refractivity contribution in [3.05, 3.63) is 109 Å². The van der Waals surface area contributed by atoms with Crippen LogP contribution >= 0.6 is 49.9 Å². The van der Waals surface area contributed by atoms with Crippen molar-refractivity contribution in [1.82, 2.24) is 29.9 Å². The second-order valence-electron chi connectivity index (χ2n) is 13.1. The van der Waals surface area contributed by atoms with E-state index in [4.69, 9.17) is 24.5 Å². The summed E-state index contributed by atoms with van der Waals surface area (Å²) in [6, 6.07) is 5.38. The Morgan fingerprint density at radius 3 is 1.33 bits per heavy atom. The molecule has 0 aliphatic carbocycles. The van der Waals surface area contributed by atoms with Crippen LogP contribution in [0.1, 0.15) is 112 Å². The van der Waals surface area contributed by atoms with Gasteiger partial charge in [-0.25, -0.2) is 34.3 Å². The van der Waals surface area contributed by atoms with Crippen molar-refractivity contribution in [2.75, 3.05) is 13.2 Å². The molecule has 0 aromatic carbocycles. The van der Waals surface area contributed by atoms with Crippen LogP contribution in [0.15, 0.2) is 92.1 Å². The van der Waals surface area contributed by atoms with Crippen molar-refractivity contribution in [2.24, 2.45) is 0 Å². The molecule has 0 saturated heterocycles. The van der Waals surface area contributed by atoms with E-state index < -0.39 is 24.3 Å². The van der Waals surface area contributed by atoms with Gasteiger partial charge >= 0.3 is 171 Å². The van der Waals surface area contributed by atoms with Gasteiger partial charge in [0.15, 0.2) is 11.6 Å². The fraction of sp³-hybridized carbons (Fsp3) is 0.386. The molecule has 0 spiro atoms. The molecule has 0 bridgehead atoms. The summed E-state index contributed by atoms with van der Waals surface area (Å²) in [5.74, 6) is -0.543. The molecule has 6 heterocycles. The number of carboxylic acids is 1. The predicted molar refractivity (Wildman–Crippen MR) is 263 cm³/mol. The molecular formula is C44H58BBrN6NaO7S3Sn. The van der Waals surface area contributed by atoms with E-state index in [1.807, 2.05) is 29.2 Å². The van der Waals surface area contributed by atoms with Crippen LogP contribution in [0, 0.1) is 0 Å². The van der Waals surface area contributed by atoms with Gasteiger partial charge in [-0.2, -0.15) is 34.0 Å². The first-order valence-electron chi connectivity index (χ1n) is 19.9. The number of ether oxygens (including phenoxy) is 2. The van der Waals surface area contributed by atoms with E-state index in [-0.39, 0.29) is 68.4 Å². The van der Waals surface area contributed by atoms with Crippen LogP contribution in [0.3, 0.4) is 0 Å². The van der Waals surface area contributed by atoms with Crippen LogP contribution in [0.4, 0.5) is 0 Å². The van der Waals surface area contributed by atoms with Gasteiger partial charge < -0.3 is 20.1 Å². The maximum Gasteiger partial charge on any atom is 1.00 e. The molecule has 0 amide bonds. The zero-order chi connectivity index (χ0) is 43.6. The van der Waals surface area contributed by atoms with Gasteiger partial charge in [-0.15, -0.1) is 0 Å². The molecule has 20 heteroatoms. The number of carboxylic acid groups (broad SMARTS) is 1. The number of carbonyl (C=O) groups is 3. The van der Waals surface area contributed by atoms with E-state index in [0.717, 1.165) is 10.0 Å². The minimum absolute atomic E-state index is 0. The van der Waals surface area contributed by atoms with E-state index in [2.05, 4.69) is 56.6 Å². The SMILES string of the molecule is C.CCC[CH2][Sn]([CH2]CCC)([CH2]CCC)[c]1ncccn1.CCOC(=O)c1cscc1-c1ncccn1.CCOC(=O)c1cscc1Br.O=C(O)c1cscc1-c1ncccn1.[B].[Na+].[OH-]. The number of halogens is 1. The van der Waals surface area contributed by atoms with Gasteiger partial charge in [-0.1, -0.05) is 7.43 Å². The van der Waals surface area contributed by atoms with Crippen LogP contribution in [-0.4, -0.2) is 98.4 Å². The van der Waals surface area contributed by atoms with Gasteiger partial charge in [0.1, 0.15) is 0 Å². The third-order valence-corrected chi connectivity index (χ3v) is 26.7. The molecule has 0 saturated carbocycles. The topological polar surface area (TPSA) is 197 Å². The Kier molecular flexibility index (Phi) is 35.7. The number of unbranched alkanes of at least 4 members (excludes halogenated alkanes) is 3. The number of thiophene rings is 3. The van der Waals surface area contributed by atoms with Crippen molar-refractivity contribution in [1.29, 1.82) is 0 Å². The first-order valence-corrected chi connectivity index (χ1v) is 31.0. The molecule has 3 radical (unpaired) electrons. The largest absolute Gasteiger partial charge is 1.00 e. The molecular weight excluding hydrogens is 1050 g/mol. The summed E-state index contributed by atoms with van der Waals surface area (Å²) in [4.78, 5) is 59.1. The van der Waals surface area contributed by atoms with Gasteiger partial charge in [0.05, 0.1) is 29.9 Å². The molecule has 64 heavy (non-hydrogen) atoms. The van der Waals surface area contributed by atoms with Gasteiger partial charge in [0, 0.05) is 81.1 Å². The summed E-state index contributed by atoms with van der Waals surface area (Å²) in [6.07, 6.45) is 18.4. The number of carbonyl (C=O) groups excluding carboxylic acids is 2. The number of hydrogen-bond acceptors (Lipinski definition) is 15. The summed E-state index contributed by atoms with van der Waals surface area (Å²) in [5, 5.41) is 19.4. The molecule has 0 atom stereocenters. The number of nitrogens with zero attached hydrogens (tertiary/aromatic N) is 6. The standard InChI is InChI=1S/C11H10N2O2S.C9H6N2O2S.C7H7BrO2S.C4H3N2.3C4H9.CH4.B.Na.H2O.Sn/c1-2-15-11(14)9-7-16-6-8(9)10-12-4-3-5-13-10;12-9(13)7-5-14-4-6(7)8-10-2-1-3-11-8;1-2-10-7(9)5-3-11-4-6(5)8;1-2-5-4-6-3-1;3*1-3-4-2;;;;;/h3-7H,2H2,1H3;1-5H,(H,12,13);3-4H,2H2,1H3;1-3H;3*1,3-4H2,2H3;1H4;;;1H2;/q;;;;;;;;;+1;;/p-1. The first-order chi connectivity index (χ1) is 29.2. The fourth-order valence-electron chi connectivity index (χ4n) is 5.81. The molecule has 0 fully saturated rings. The Morgan fingerprint density at radius 2 is 0.953 bits per heavy atom. The van der Waals surface area contributed by atoms with E-state index in [0.29, 0.717) is 41.6 Å². The zero-order valence-corrected chi connectivity index (χ0v) is 45.6. The van der Waals surface area contributed by atoms with Crippen LogP contribution in [-0.2, 0) is 9.47 Å². The fourth-order valence-corrected chi connectivity index (χ4v) is 23.7. The first kappa shape index (κ1) is 63.1. The van der Waals surface area contributed by atoms with Crippen LogP contribution in [0.2, 0.25) is 13.3 Å². The summed E-state index contributed by atoms with van der Waals surface area (Å²) in [5.41, 5.74) is 2.68. The van der Waals surface area contributed by atoms with Gasteiger partial charge in [0.2, 0.25) is 0 Å². The molecule has 6 rings (SSSR count). The second kappa shape index (κ2) is 36.2. The predicted octanol–water partition coefficient (Wildman–Crippen LogP) is 8.59. The normalized spacial score (nSPS) is 9.84. The quantitative estimate of drug-likeness (QED) is 0.0674. The molecule has 2 N–H and O–H groups in total. The van der Waals surface area contributed by atoms with Gasteiger partial charge in [-0.3, -0.25) is 0 Å². The Balaban J connectivity index is 0. The molecule has 339 valence electrons. The smallest absolute Gasteiger partial charge is 0.870 e. The third-order valence-electron chi connectivity index (χ3n) is 8.84. The van der Waals surface area contributed by atoms with E-state index in [1.165, 1.54) is 89.7 Å². The average molecular weight is 1110 g/mol. The summed E-state index contributed by atoms with van der Waals surface area (Å²) in [7, 11) is 0. The number of rotatable bonds is 17. The van der Waals surface area contributed by atoms with Crippen molar-refractivity contribution < 1.29 is 64.0 Å². The minimum Gasteiger partial charge on any atom is -0.870 e. The third kappa shape index (κ3) is 20.7. The Morgan fingerprint density at radius 1 is 0.594 bits per heavy atom. The molecule has 0 unspecified atom stereocenters. The molecule has 0 aliphatic rings. The van der Waals surface area contributed by atoms with E-state index in [9.17, 15) is 14.4 Å². The number of esters is 2. The van der Waals surface area contributed by atoms with Crippen LogP contribution in [0.25, 0.3) is 22.8 Å². The van der Waals surface area contributed by atoms with Gasteiger partial charge in [0.25, 0.3) is 0 Å². The Hall–Kier alpha value is -2.95. The number of aromatic carboxylic acids is 1. The minimum atomic E-state index is -2.32. The Labute approximate surface area is 426 Å². The van der Waals surface area contributed by atoms with Crippen molar-refractivity contribution in [2.45, 2.75) is 93.9 Å². The van der Waals surface area contributed by atoms with Crippen molar-refractivity contribution in [3.8, 4) is 22.8 Å². The van der Waals surface area contributed by atoms with Crippen LogP contribution in [0.5, 0.6) is 0 Å². The molecule has 6 aromatic rings. The van der Waals surface area contributed by atoms with Crippen molar-refractivity contribution >= 4 is 98.5 Å². The molecule has 13 nitrogen and oxygen atoms in total. The zero-order valence-electron chi connectivity index (χ0n) is 36.7.